The largest absolute Gasteiger partial charge is 0.501 e. The van der Waals surface area contributed by atoms with Crippen LogP contribution >= 0.6 is 0 Å². The minimum atomic E-state index is -5.27. The molecule has 18 heavy (non-hydrogen) atoms. The summed E-state index contributed by atoms with van der Waals surface area (Å²) >= 11 is 0. The Bertz CT molecular complexity index is 533. The maximum absolute atomic E-state index is 12.3. The predicted molar refractivity (Wildman–Crippen MR) is 59.9 cm³/mol. The Hall–Kier alpha value is -1.28. The van der Waals surface area contributed by atoms with Gasteiger partial charge in [0.1, 0.15) is 0 Å². The van der Waals surface area contributed by atoms with Crippen LogP contribution < -0.4 is 10.6 Å². The summed E-state index contributed by atoms with van der Waals surface area (Å²) in [6.07, 6.45) is 0. The van der Waals surface area contributed by atoms with Gasteiger partial charge in [0.15, 0.2) is 0 Å². The minimum absolute atomic E-state index is 0.0589. The van der Waals surface area contributed by atoms with Crippen LogP contribution in [0.15, 0.2) is 29.2 Å². The molecular formula is C10H11F3N2O2S. The molecule has 0 amide bonds. The molecule has 2 N–H and O–H groups in total. The Morgan fingerprint density at radius 1 is 1.17 bits per heavy atom. The Morgan fingerprint density at radius 2 is 1.67 bits per heavy atom. The fourth-order valence-corrected chi connectivity index (χ4v) is 2.45. The summed E-state index contributed by atoms with van der Waals surface area (Å²) in [6, 6.07) is 4.68. The lowest BCUT2D eigenvalue weighted by molar-refractivity contribution is -0.0436. The molecule has 0 aliphatic carbocycles. The third-order valence-electron chi connectivity index (χ3n) is 2.73. The number of anilines is 1. The Kier molecular flexibility index (Phi) is 3.02. The molecule has 8 heteroatoms. The van der Waals surface area contributed by atoms with Crippen molar-refractivity contribution in [2.24, 2.45) is 5.73 Å². The van der Waals surface area contributed by atoms with E-state index in [1.165, 1.54) is 12.1 Å². The van der Waals surface area contributed by atoms with Gasteiger partial charge in [0.05, 0.1) is 4.90 Å². The van der Waals surface area contributed by atoms with Gasteiger partial charge in [-0.05, 0) is 24.3 Å². The first kappa shape index (κ1) is 13.2. The SMILES string of the molecule is NC1CN(c2ccc(S(=O)(=O)C(F)(F)F)cc2)C1. The average molecular weight is 280 g/mol. The Balaban J connectivity index is 2.23. The van der Waals surface area contributed by atoms with Crippen LogP contribution in [-0.2, 0) is 9.84 Å². The molecule has 0 spiro atoms. The quantitative estimate of drug-likeness (QED) is 0.882. The molecule has 0 saturated carbocycles. The van der Waals surface area contributed by atoms with Crippen LogP contribution in [-0.4, -0.2) is 33.1 Å². The number of nitrogens with two attached hydrogens (primary N) is 1. The van der Waals surface area contributed by atoms with Gasteiger partial charge >= 0.3 is 5.51 Å². The molecule has 0 radical (unpaired) electrons. The molecule has 100 valence electrons. The molecule has 1 aromatic rings. The standard InChI is InChI=1S/C10H11F3N2O2S/c11-10(12,13)18(16,17)9-3-1-8(2-4-9)15-5-7(14)6-15/h1-4,7H,5-6,14H2. The zero-order valence-corrected chi connectivity index (χ0v) is 10.0. The number of nitrogens with zero attached hydrogens (tertiary/aromatic N) is 1. The Labute approximate surface area is 102 Å². The summed E-state index contributed by atoms with van der Waals surface area (Å²) in [5.74, 6) is 0. The van der Waals surface area contributed by atoms with E-state index in [-0.39, 0.29) is 6.04 Å². The van der Waals surface area contributed by atoms with E-state index in [1.807, 2.05) is 4.90 Å². The highest BCUT2D eigenvalue weighted by Gasteiger charge is 2.46. The molecule has 0 atom stereocenters. The summed E-state index contributed by atoms with van der Waals surface area (Å²) in [5, 5.41) is 0. The first-order valence-electron chi connectivity index (χ1n) is 5.14. The third-order valence-corrected chi connectivity index (χ3v) is 4.23. The molecule has 0 bridgehead atoms. The van der Waals surface area contributed by atoms with Gasteiger partial charge in [0.2, 0.25) is 0 Å². The number of benzene rings is 1. The molecule has 4 nitrogen and oxygen atoms in total. The number of hydrogen-bond acceptors (Lipinski definition) is 4. The van der Waals surface area contributed by atoms with Crippen molar-refractivity contribution in [2.45, 2.75) is 16.4 Å². The van der Waals surface area contributed by atoms with Crippen LogP contribution in [0.25, 0.3) is 0 Å². The minimum Gasteiger partial charge on any atom is -0.368 e. The highest BCUT2D eigenvalue weighted by molar-refractivity contribution is 7.92. The first-order valence-corrected chi connectivity index (χ1v) is 6.62. The van der Waals surface area contributed by atoms with Crippen molar-refractivity contribution in [1.82, 2.24) is 0 Å². The van der Waals surface area contributed by atoms with Gasteiger partial charge in [-0.25, -0.2) is 8.42 Å². The van der Waals surface area contributed by atoms with Crippen LogP contribution in [0.4, 0.5) is 18.9 Å². The van der Waals surface area contributed by atoms with Crippen LogP contribution in [0.3, 0.4) is 0 Å². The number of rotatable bonds is 2. The summed E-state index contributed by atoms with van der Waals surface area (Å²) in [6.45, 7) is 1.23. The summed E-state index contributed by atoms with van der Waals surface area (Å²) in [7, 11) is -5.26. The normalized spacial score (nSPS) is 17.7. The molecule has 1 aliphatic heterocycles. The van der Waals surface area contributed by atoms with E-state index >= 15 is 0 Å². The molecule has 1 aliphatic rings. The van der Waals surface area contributed by atoms with Gasteiger partial charge in [0.25, 0.3) is 9.84 Å². The number of sulfone groups is 1. The van der Waals surface area contributed by atoms with E-state index in [0.717, 1.165) is 12.1 Å². The van der Waals surface area contributed by atoms with Crippen molar-refractivity contribution >= 4 is 15.5 Å². The van der Waals surface area contributed by atoms with Gasteiger partial charge in [-0.15, -0.1) is 0 Å². The molecule has 1 aromatic carbocycles. The van der Waals surface area contributed by atoms with Crippen molar-refractivity contribution in [1.29, 1.82) is 0 Å². The first-order chi connectivity index (χ1) is 8.22. The lowest BCUT2D eigenvalue weighted by Gasteiger charge is -2.38. The summed E-state index contributed by atoms with van der Waals surface area (Å²) < 4.78 is 59.1. The van der Waals surface area contributed by atoms with Crippen molar-refractivity contribution in [2.75, 3.05) is 18.0 Å². The zero-order valence-electron chi connectivity index (χ0n) is 9.18. The van der Waals surface area contributed by atoms with E-state index < -0.39 is 20.2 Å². The molecule has 0 unspecified atom stereocenters. The monoisotopic (exact) mass is 280 g/mol. The van der Waals surface area contributed by atoms with Gasteiger partial charge in [-0.1, -0.05) is 0 Å². The van der Waals surface area contributed by atoms with E-state index in [9.17, 15) is 21.6 Å². The summed E-state index contributed by atoms with van der Waals surface area (Å²) in [4.78, 5) is 1.11. The fourth-order valence-electron chi connectivity index (χ4n) is 1.69. The molecule has 2 rings (SSSR count). The van der Waals surface area contributed by atoms with Crippen molar-refractivity contribution < 1.29 is 21.6 Å². The highest BCUT2D eigenvalue weighted by atomic mass is 32.2. The predicted octanol–water partition coefficient (Wildman–Crippen LogP) is 1.13. The molecule has 0 aromatic heterocycles. The van der Waals surface area contributed by atoms with Crippen molar-refractivity contribution in [3.05, 3.63) is 24.3 Å². The second-order valence-corrected chi connectivity index (χ2v) is 6.05. The van der Waals surface area contributed by atoms with Crippen LogP contribution in [0, 0.1) is 0 Å². The highest BCUT2D eigenvalue weighted by Crippen LogP contribution is 2.31. The molecule has 1 fully saturated rings. The smallest absolute Gasteiger partial charge is 0.368 e. The second-order valence-electron chi connectivity index (χ2n) is 4.11. The third kappa shape index (κ3) is 2.17. The maximum atomic E-state index is 12.3. The lowest BCUT2D eigenvalue weighted by Crippen LogP contribution is -2.55. The number of alkyl halides is 3. The van der Waals surface area contributed by atoms with E-state index in [0.29, 0.717) is 18.8 Å². The van der Waals surface area contributed by atoms with Gasteiger partial charge in [0, 0.05) is 24.8 Å². The number of hydrogen-bond donors (Lipinski definition) is 1. The molecule has 1 saturated heterocycles. The second kappa shape index (κ2) is 4.13. The van der Waals surface area contributed by atoms with Crippen LogP contribution in [0.2, 0.25) is 0 Å². The van der Waals surface area contributed by atoms with Gasteiger partial charge in [-0.3, -0.25) is 0 Å². The number of halogens is 3. The van der Waals surface area contributed by atoms with Crippen molar-refractivity contribution in [3.8, 4) is 0 Å². The fraction of sp³-hybridized carbons (Fsp3) is 0.400. The maximum Gasteiger partial charge on any atom is 0.501 e. The lowest BCUT2D eigenvalue weighted by atomic mass is 10.1. The summed E-state index contributed by atoms with van der Waals surface area (Å²) in [5.41, 5.74) is 0.971. The van der Waals surface area contributed by atoms with E-state index in [4.69, 9.17) is 5.73 Å². The zero-order chi connectivity index (χ0) is 13.6. The van der Waals surface area contributed by atoms with E-state index in [2.05, 4.69) is 0 Å². The average Bonchev–Trinajstić information content (AvgIpc) is 2.23. The van der Waals surface area contributed by atoms with Crippen LogP contribution in [0.1, 0.15) is 0 Å². The van der Waals surface area contributed by atoms with Crippen molar-refractivity contribution in [3.63, 3.8) is 0 Å². The van der Waals surface area contributed by atoms with E-state index in [1.54, 1.807) is 0 Å². The molecule has 1 heterocycles. The van der Waals surface area contributed by atoms with Crippen LogP contribution in [0.5, 0.6) is 0 Å². The molecular weight excluding hydrogens is 269 g/mol. The topological polar surface area (TPSA) is 63.4 Å². The Morgan fingerprint density at radius 3 is 2.06 bits per heavy atom. The van der Waals surface area contributed by atoms with Gasteiger partial charge < -0.3 is 10.6 Å². The van der Waals surface area contributed by atoms with Gasteiger partial charge in [-0.2, -0.15) is 13.2 Å².